The molecule has 6 nitrogen and oxygen atoms in total. The number of ether oxygens (including phenoxy) is 3. The summed E-state index contributed by atoms with van der Waals surface area (Å²) >= 11 is 0. The number of hydrogen-bond donors (Lipinski definition) is 1. The fraction of sp³-hybridized carbons (Fsp3) is 0.333. The van der Waals surface area contributed by atoms with Gasteiger partial charge in [0.2, 0.25) is 0 Å². The fourth-order valence-electron chi connectivity index (χ4n) is 3.59. The van der Waals surface area contributed by atoms with Crippen molar-refractivity contribution in [1.82, 2.24) is 5.32 Å². The number of esters is 1. The van der Waals surface area contributed by atoms with Crippen LogP contribution in [0.1, 0.15) is 42.5 Å². The van der Waals surface area contributed by atoms with Gasteiger partial charge < -0.3 is 19.5 Å². The Balaban J connectivity index is 1.59. The van der Waals surface area contributed by atoms with E-state index in [4.69, 9.17) is 14.2 Å². The van der Waals surface area contributed by atoms with Crippen LogP contribution in [0.5, 0.6) is 11.5 Å². The van der Waals surface area contributed by atoms with Crippen molar-refractivity contribution in [3.8, 4) is 11.5 Å². The molecule has 0 heterocycles. The van der Waals surface area contributed by atoms with Crippen molar-refractivity contribution in [2.75, 3.05) is 14.2 Å². The number of carbonyl (C=O) groups is 2. The summed E-state index contributed by atoms with van der Waals surface area (Å²) in [5.74, 6) is 0.329. The van der Waals surface area contributed by atoms with Crippen LogP contribution in [0.4, 0.5) is 0 Å². The molecule has 3 rings (SSSR count). The molecule has 1 amide bonds. The molecule has 2 aromatic carbocycles. The first kappa shape index (κ1) is 21.4. The maximum Gasteiger partial charge on any atom is 0.331 e. The minimum absolute atomic E-state index is 0.0554. The summed E-state index contributed by atoms with van der Waals surface area (Å²) in [5.41, 5.74) is 3.07. The van der Waals surface area contributed by atoms with Crippen molar-refractivity contribution in [3.63, 3.8) is 0 Å². The average Bonchev–Trinajstić information content (AvgIpc) is 2.77. The maximum absolute atomic E-state index is 12.6. The molecule has 0 radical (unpaired) electrons. The number of hydrogen-bond acceptors (Lipinski definition) is 5. The van der Waals surface area contributed by atoms with Gasteiger partial charge in [-0.05, 0) is 61.6 Å². The van der Waals surface area contributed by atoms with Crippen LogP contribution in [0.2, 0.25) is 0 Å². The predicted octanol–water partition coefficient (Wildman–Crippen LogP) is 3.84. The molecule has 2 atom stereocenters. The van der Waals surface area contributed by atoms with Crippen molar-refractivity contribution in [1.29, 1.82) is 0 Å². The van der Waals surface area contributed by atoms with E-state index in [1.807, 2.05) is 18.2 Å². The van der Waals surface area contributed by atoms with Crippen LogP contribution in [0.15, 0.2) is 48.5 Å². The van der Waals surface area contributed by atoms with Gasteiger partial charge in [-0.3, -0.25) is 4.79 Å². The van der Waals surface area contributed by atoms with E-state index in [2.05, 4.69) is 11.4 Å². The maximum atomic E-state index is 12.6. The van der Waals surface area contributed by atoms with E-state index in [1.54, 1.807) is 45.4 Å². The van der Waals surface area contributed by atoms with Gasteiger partial charge in [0.25, 0.3) is 5.91 Å². The summed E-state index contributed by atoms with van der Waals surface area (Å²) < 4.78 is 15.8. The Bertz CT molecular complexity index is 937. The number of carbonyl (C=O) groups excluding carboxylic acids is 2. The first-order valence-corrected chi connectivity index (χ1v) is 10.0. The lowest BCUT2D eigenvalue weighted by Crippen LogP contribution is -2.39. The second-order valence-electron chi connectivity index (χ2n) is 7.17. The molecule has 1 aliphatic rings. The fourth-order valence-corrected chi connectivity index (χ4v) is 3.59. The topological polar surface area (TPSA) is 73.9 Å². The highest BCUT2D eigenvalue weighted by Crippen LogP contribution is 2.29. The van der Waals surface area contributed by atoms with E-state index in [-0.39, 0.29) is 11.9 Å². The molecule has 0 fully saturated rings. The van der Waals surface area contributed by atoms with Gasteiger partial charge in [0.05, 0.1) is 20.3 Å². The Morgan fingerprint density at radius 1 is 1.13 bits per heavy atom. The number of benzene rings is 2. The summed E-state index contributed by atoms with van der Waals surface area (Å²) in [5, 5.41) is 3.01. The van der Waals surface area contributed by atoms with E-state index in [0.717, 1.165) is 24.8 Å². The van der Waals surface area contributed by atoms with E-state index in [1.165, 1.54) is 11.6 Å². The van der Waals surface area contributed by atoms with Crippen LogP contribution in [-0.4, -0.2) is 32.2 Å². The van der Waals surface area contributed by atoms with Crippen molar-refractivity contribution >= 4 is 18.0 Å². The molecular weight excluding hydrogens is 382 g/mol. The molecular formula is C24H27NO5. The van der Waals surface area contributed by atoms with E-state index < -0.39 is 12.1 Å². The zero-order valence-corrected chi connectivity index (χ0v) is 17.5. The van der Waals surface area contributed by atoms with Crippen LogP contribution in [0.3, 0.4) is 0 Å². The number of aryl methyl sites for hydroxylation is 1. The Hall–Kier alpha value is -3.28. The molecule has 30 heavy (non-hydrogen) atoms. The Morgan fingerprint density at radius 2 is 1.93 bits per heavy atom. The van der Waals surface area contributed by atoms with Gasteiger partial charge in [-0.1, -0.05) is 24.3 Å². The second-order valence-corrected chi connectivity index (χ2v) is 7.17. The monoisotopic (exact) mass is 409 g/mol. The highest BCUT2D eigenvalue weighted by atomic mass is 16.5. The summed E-state index contributed by atoms with van der Waals surface area (Å²) in [6.45, 7) is 1.57. The molecule has 2 aromatic rings. The van der Waals surface area contributed by atoms with Crippen molar-refractivity contribution in [2.45, 2.75) is 38.3 Å². The van der Waals surface area contributed by atoms with E-state index >= 15 is 0 Å². The zero-order chi connectivity index (χ0) is 21.5. The first-order chi connectivity index (χ1) is 14.5. The first-order valence-electron chi connectivity index (χ1n) is 10.0. The molecule has 0 unspecified atom stereocenters. The lowest BCUT2D eigenvalue weighted by Gasteiger charge is -2.27. The van der Waals surface area contributed by atoms with Crippen LogP contribution in [0, 0.1) is 0 Å². The number of amides is 1. The molecule has 0 spiro atoms. The van der Waals surface area contributed by atoms with E-state index in [0.29, 0.717) is 17.1 Å². The van der Waals surface area contributed by atoms with Gasteiger partial charge in [0, 0.05) is 11.6 Å². The smallest absolute Gasteiger partial charge is 0.331 e. The molecule has 158 valence electrons. The molecule has 0 bridgehead atoms. The molecule has 0 saturated carbocycles. The number of fused-ring (bicyclic) bond motifs is 1. The van der Waals surface area contributed by atoms with Gasteiger partial charge in [0.15, 0.2) is 6.10 Å². The number of rotatable bonds is 7. The number of nitrogens with one attached hydrogen (secondary N) is 1. The second kappa shape index (κ2) is 9.96. The van der Waals surface area contributed by atoms with Crippen LogP contribution >= 0.6 is 0 Å². The van der Waals surface area contributed by atoms with Crippen LogP contribution in [0.25, 0.3) is 6.08 Å². The van der Waals surface area contributed by atoms with Crippen molar-refractivity contribution < 1.29 is 23.8 Å². The van der Waals surface area contributed by atoms with E-state index in [9.17, 15) is 9.59 Å². The van der Waals surface area contributed by atoms with Crippen LogP contribution < -0.4 is 14.8 Å². The average molecular weight is 409 g/mol. The minimum Gasteiger partial charge on any atom is -0.497 e. The highest BCUT2D eigenvalue weighted by molar-refractivity contribution is 5.90. The van der Waals surface area contributed by atoms with Crippen LogP contribution in [-0.2, 0) is 20.7 Å². The van der Waals surface area contributed by atoms with Gasteiger partial charge in [-0.2, -0.15) is 0 Å². The molecule has 6 heteroatoms. The summed E-state index contributed by atoms with van der Waals surface area (Å²) in [6, 6.07) is 13.3. The normalized spacial score (nSPS) is 16.4. The largest absolute Gasteiger partial charge is 0.497 e. The standard InChI is InChI=1S/C24H27NO5/c1-16(24(27)25-21-10-6-8-17-7-4-5-9-20(17)21)30-23(26)14-11-18-15-19(28-2)12-13-22(18)29-3/h4-5,7,9,11-16,21H,6,8,10H2,1-3H3,(H,25,27)/b14-11+/t16-,21-/m0/s1. The zero-order valence-electron chi connectivity index (χ0n) is 17.5. The Morgan fingerprint density at radius 3 is 2.70 bits per heavy atom. The molecule has 0 aromatic heterocycles. The molecule has 1 aliphatic carbocycles. The third kappa shape index (κ3) is 5.20. The molecule has 1 N–H and O–H groups in total. The quantitative estimate of drug-likeness (QED) is 0.556. The third-order valence-corrected chi connectivity index (χ3v) is 5.18. The molecule has 0 aliphatic heterocycles. The lowest BCUT2D eigenvalue weighted by atomic mass is 9.87. The van der Waals surface area contributed by atoms with Gasteiger partial charge in [-0.25, -0.2) is 4.79 Å². The summed E-state index contributed by atoms with van der Waals surface area (Å²) in [4.78, 5) is 24.8. The SMILES string of the molecule is COc1ccc(OC)c(/C=C/C(=O)O[C@@H](C)C(=O)N[C@H]2CCCc3ccccc32)c1. The Kier molecular flexibility index (Phi) is 7.12. The lowest BCUT2D eigenvalue weighted by molar-refractivity contribution is -0.150. The van der Waals surface area contributed by atoms with Crippen molar-refractivity contribution in [2.24, 2.45) is 0 Å². The summed E-state index contributed by atoms with van der Waals surface area (Å²) in [6.07, 6.45) is 4.86. The molecule has 0 saturated heterocycles. The van der Waals surface area contributed by atoms with Crippen molar-refractivity contribution in [3.05, 3.63) is 65.2 Å². The van der Waals surface area contributed by atoms with Gasteiger partial charge >= 0.3 is 5.97 Å². The minimum atomic E-state index is -0.900. The summed E-state index contributed by atoms with van der Waals surface area (Å²) in [7, 11) is 3.11. The third-order valence-electron chi connectivity index (χ3n) is 5.18. The Labute approximate surface area is 176 Å². The van der Waals surface area contributed by atoms with Gasteiger partial charge in [0.1, 0.15) is 11.5 Å². The van der Waals surface area contributed by atoms with Gasteiger partial charge in [-0.15, -0.1) is 0 Å². The number of methoxy groups -OCH3 is 2. The predicted molar refractivity (Wildman–Crippen MR) is 114 cm³/mol. The highest BCUT2D eigenvalue weighted by Gasteiger charge is 2.24.